The van der Waals surface area contributed by atoms with Crippen molar-refractivity contribution in [3.63, 3.8) is 0 Å². The van der Waals surface area contributed by atoms with Crippen LogP contribution in [0.25, 0.3) is 0 Å². The summed E-state index contributed by atoms with van der Waals surface area (Å²) in [6, 6.07) is 0. The van der Waals surface area contributed by atoms with Crippen molar-refractivity contribution in [3.05, 3.63) is 0 Å². The van der Waals surface area contributed by atoms with E-state index in [0.29, 0.717) is 0 Å². The zero-order chi connectivity index (χ0) is 9.99. The Hall–Kier alpha value is -0.290. The molecule has 12 heavy (non-hydrogen) atoms. The first kappa shape index (κ1) is 11.7. The minimum absolute atomic E-state index is 0.0629. The van der Waals surface area contributed by atoms with Gasteiger partial charge in [-0.15, -0.1) is 0 Å². The van der Waals surface area contributed by atoms with Crippen LogP contribution in [0.2, 0.25) is 0 Å². The molecule has 2 N–H and O–H groups in total. The Labute approximate surface area is 69.9 Å². The highest BCUT2D eigenvalue weighted by atomic mass is 19.4. The van der Waals surface area contributed by atoms with E-state index in [4.69, 9.17) is 10.5 Å². The van der Waals surface area contributed by atoms with Gasteiger partial charge < -0.3 is 10.5 Å². The molecule has 0 aliphatic heterocycles. The minimum atomic E-state index is -4.31. The topological polar surface area (TPSA) is 35.2 Å². The molecule has 0 amide bonds. The van der Waals surface area contributed by atoms with Gasteiger partial charge in [0.15, 0.2) is 6.10 Å². The fraction of sp³-hybridized carbons (Fsp3) is 1.00. The van der Waals surface area contributed by atoms with Crippen molar-refractivity contribution in [1.82, 2.24) is 0 Å². The molecule has 0 bridgehead atoms. The quantitative estimate of drug-likeness (QED) is 0.726. The van der Waals surface area contributed by atoms with E-state index in [0.717, 1.165) is 6.92 Å². The second-order valence-corrected chi connectivity index (χ2v) is 3.27. The molecule has 74 valence electrons. The lowest BCUT2D eigenvalue weighted by molar-refractivity contribution is -0.240. The summed E-state index contributed by atoms with van der Waals surface area (Å²) >= 11 is 0. The summed E-state index contributed by atoms with van der Waals surface area (Å²) in [6.07, 6.45) is -6.08. The molecule has 0 aromatic rings. The Morgan fingerprint density at radius 2 is 1.75 bits per heavy atom. The molecule has 1 atom stereocenters. The van der Waals surface area contributed by atoms with Gasteiger partial charge in [0.1, 0.15) is 0 Å². The van der Waals surface area contributed by atoms with Gasteiger partial charge in [-0.25, -0.2) is 0 Å². The minimum Gasteiger partial charge on any atom is -0.362 e. The summed E-state index contributed by atoms with van der Waals surface area (Å²) in [5.74, 6) is 0. The molecular formula is C7H14F3NO. The van der Waals surface area contributed by atoms with Crippen LogP contribution in [-0.4, -0.2) is 24.4 Å². The van der Waals surface area contributed by atoms with Gasteiger partial charge in [0.2, 0.25) is 0 Å². The van der Waals surface area contributed by atoms with Crippen LogP contribution in [0.4, 0.5) is 13.2 Å². The van der Waals surface area contributed by atoms with Crippen molar-refractivity contribution >= 4 is 0 Å². The molecule has 2 nitrogen and oxygen atoms in total. The molecule has 5 heteroatoms. The van der Waals surface area contributed by atoms with Crippen molar-refractivity contribution < 1.29 is 17.9 Å². The average Bonchev–Trinajstić information content (AvgIpc) is 1.85. The van der Waals surface area contributed by atoms with Gasteiger partial charge in [-0.1, -0.05) is 0 Å². The normalized spacial score (nSPS) is 16.2. The van der Waals surface area contributed by atoms with Crippen molar-refractivity contribution in [2.24, 2.45) is 5.73 Å². The van der Waals surface area contributed by atoms with Gasteiger partial charge >= 0.3 is 6.18 Å². The molecule has 0 radical (unpaired) electrons. The van der Waals surface area contributed by atoms with Crippen molar-refractivity contribution in [2.45, 2.75) is 38.7 Å². The van der Waals surface area contributed by atoms with Gasteiger partial charge in [0.25, 0.3) is 0 Å². The van der Waals surface area contributed by atoms with Crippen molar-refractivity contribution in [2.75, 3.05) is 6.54 Å². The van der Waals surface area contributed by atoms with Crippen LogP contribution in [0.3, 0.4) is 0 Å². The molecule has 0 aliphatic carbocycles. The van der Waals surface area contributed by atoms with E-state index in [-0.39, 0.29) is 6.54 Å². The van der Waals surface area contributed by atoms with Crippen LogP contribution in [0.5, 0.6) is 0 Å². The Balaban J connectivity index is 4.09. The number of alkyl halides is 3. The van der Waals surface area contributed by atoms with E-state index in [1.165, 1.54) is 13.8 Å². The van der Waals surface area contributed by atoms with Crippen molar-refractivity contribution in [3.8, 4) is 0 Å². The van der Waals surface area contributed by atoms with Gasteiger partial charge in [0.05, 0.1) is 5.60 Å². The maximum atomic E-state index is 12.0. The first-order valence-corrected chi connectivity index (χ1v) is 3.63. The highest BCUT2D eigenvalue weighted by Gasteiger charge is 2.39. The first-order chi connectivity index (χ1) is 5.19. The Morgan fingerprint density at radius 1 is 1.33 bits per heavy atom. The van der Waals surface area contributed by atoms with Gasteiger partial charge in [-0.2, -0.15) is 13.2 Å². The number of hydrogen-bond acceptors (Lipinski definition) is 2. The van der Waals surface area contributed by atoms with E-state index < -0.39 is 17.9 Å². The maximum absolute atomic E-state index is 12.0. The summed E-state index contributed by atoms with van der Waals surface area (Å²) < 4.78 is 40.6. The fourth-order valence-corrected chi connectivity index (χ4v) is 0.593. The zero-order valence-corrected chi connectivity index (χ0v) is 7.40. The number of nitrogens with two attached hydrogens (primary N) is 1. The predicted molar refractivity (Wildman–Crippen MR) is 39.7 cm³/mol. The molecule has 0 heterocycles. The molecule has 0 aliphatic rings. The molecule has 0 spiro atoms. The molecule has 0 saturated carbocycles. The van der Waals surface area contributed by atoms with Crippen LogP contribution >= 0.6 is 0 Å². The summed E-state index contributed by atoms with van der Waals surface area (Å²) in [4.78, 5) is 0. The highest BCUT2D eigenvalue weighted by molar-refractivity contribution is 4.73. The van der Waals surface area contributed by atoms with E-state index >= 15 is 0 Å². The molecule has 0 aromatic carbocycles. The standard InChI is InChI=1S/C7H14F3NO/c1-5(7(8,9)10)12-6(2,3)4-11/h5H,4,11H2,1-3H3. The van der Waals surface area contributed by atoms with E-state index in [9.17, 15) is 13.2 Å². The highest BCUT2D eigenvalue weighted by Crippen LogP contribution is 2.25. The molecule has 0 fully saturated rings. The summed E-state index contributed by atoms with van der Waals surface area (Å²) in [5.41, 5.74) is 4.28. The summed E-state index contributed by atoms with van der Waals surface area (Å²) in [7, 11) is 0. The lowest BCUT2D eigenvalue weighted by Crippen LogP contribution is -2.42. The lowest BCUT2D eigenvalue weighted by atomic mass is 10.1. The molecule has 0 saturated heterocycles. The summed E-state index contributed by atoms with van der Waals surface area (Å²) in [5, 5.41) is 0. The molecule has 0 rings (SSSR count). The van der Waals surface area contributed by atoms with Crippen LogP contribution in [-0.2, 0) is 4.74 Å². The van der Waals surface area contributed by atoms with E-state index in [2.05, 4.69) is 0 Å². The SMILES string of the molecule is CC(OC(C)(C)CN)C(F)(F)F. The molecular weight excluding hydrogens is 171 g/mol. The Kier molecular flexibility index (Phi) is 3.53. The van der Waals surface area contributed by atoms with E-state index in [1.807, 2.05) is 0 Å². The van der Waals surface area contributed by atoms with Crippen LogP contribution in [0.15, 0.2) is 0 Å². The van der Waals surface area contributed by atoms with Gasteiger partial charge in [0, 0.05) is 6.54 Å². The van der Waals surface area contributed by atoms with Gasteiger partial charge in [-0.05, 0) is 20.8 Å². The third-order valence-electron chi connectivity index (χ3n) is 1.45. The molecule has 0 aromatic heterocycles. The lowest BCUT2D eigenvalue weighted by Gasteiger charge is -2.28. The van der Waals surface area contributed by atoms with E-state index in [1.54, 1.807) is 0 Å². The Bertz CT molecular complexity index is 144. The summed E-state index contributed by atoms with van der Waals surface area (Å²) in [6.45, 7) is 4.08. The Morgan fingerprint density at radius 3 is 2.00 bits per heavy atom. The smallest absolute Gasteiger partial charge is 0.362 e. The average molecular weight is 185 g/mol. The molecule has 1 unspecified atom stereocenters. The predicted octanol–water partition coefficient (Wildman–Crippen LogP) is 1.69. The fourth-order valence-electron chi connectivity index (χ4n) is 0.593. The number of rotatable bonds is 3. The second-order valence-electron chi connectivity index (χ2n) is 3.27. The van der Waals surface area contributed by atoms with Gasteiger partial charge in [-0.3, -0.25) is 0 Å². The third-order valence-corrected chi connectivity index (χ3v) is 1.45. The third kappa shape index (κ3) is 3.92. The van der Waals surface area contributed by atoms with Crippen LogP contribution in [0.1, 0.15) is 20.8 Å². The largest absolute Gasteiger partial charge is 0.414 e. The van der Waals surface area contributed by atoms with Crippen LogP contribution in [0, 0.1) is 0 Å². The second kappa shape index (κ2) is 3.62. The number of ether oxygens (including phenoxy) is 1. The zero-order valence-electron chi connectivity index (χ0n) is 7.40. The monoisotopic (exact) mass is 185 g/mol. The first-order valence-electron chi connectivity index (χ1n) is 3.63. The number of halogens is 3. The van der Waals surface area contributed by atoms with Crippen molar-refractivity contribution in [1.29, 1.82) is 0 Å². The maximum Gasteiger partial charge on any atom is 0.414 e. The number of hydrogen-bond donors (Lipinski definition) is 1. The van der Waals surface area contributed by atoms with Crippen LogP contribution < -0.4 is 5.73 Å².